The molecule has 0 saturated heterocycles. The molecule has 0 aliphatic carbocycles. The Bertz CT molecular complexity index is 604. The van der Waals surface area contributed by atoms with Gasteiger partial charge in [0.25, 0.3) is 0 Å². The molecule has 26 heavy (non-hydrogen) atoms. The number of para-hydroxylation sites is 1. The highest BCUT2D eigenvalue weighted by Gasteiger charge is 2.31. The molecule has 146 valence electrons. The Kier molecular flexibility index (Phi) is 7.93. The van der Waals surface area contributed by atoms with Crippen LogP contribution in [0.5, 0.6) is 5.75 Å². The van der Waals surface area contributed by atoms with Gasteiger partial charge in [-0.05, 0) is 39.7 Å². The van der Waals surface area contributed by atoms with Gasteiger partial charge in [-0.2, -0.15) is 0 Å². The molecular formula is C20H32N2O4. The van der Waals surface area contributed by atoms with Crippen molar-refractivity contribution in [1.82, 2.24) is 10.6 Å². The normalized spacial score (nSPS) is 11.6. The third-order valence-corrected chi connectivity index (χ3v) is 4.29. The zero-order valence-electron chi connectivity index (χ0n) is 16.8. The van der Waals surface area contributed by atoms with E-state index in [2.05, 4.69) is 10.6 Å². The molecule has 2 amide bonds. The van der Waals surface area contributed by atoms with E-state index in [1.807, 2.05) is 58.9 Å². The second-order valence-corrected chi connectivity index (χ2v) is 7.38. The number of amides is 2. The van der Waals surface area contributed by atoms with Gasteiger partial charge in [0.1, 0.15) is 11.4 Å². The van der Waals surface area contributed by atoms with E-state index in [9.17, 15) is 9.59 Å². The quantitative estimate of drug-likeness (QED) is 0.741. The smallest absolute Gasteiger partial charge is 0.408 e. The summed E-state index contributed by atoms with van der Waals surface area (Å²) in [6.45, 7) is 9.76. The minimum absolute atomic E-state index is 0.119. The Morgan fingerprint density at radius 1 is 1.08 bits per heavy atom. The van der Waals surface area contributed by atoms with Crippen molar-refractivity contribution in [1.29, 1.82) is 0 Å². The van der Waals surface area contributed by atoms with E-state index in [0.29, 0.717) is 25.1 Å². The molecule has 0 spiro atoms. The Hall–Kier alpha value is -2.24. The molecule has 0 aliphatic heterocycles. The van der Waals surface area contributed by atoms with Crippen molar-refractivity contribution in [3.05, 3.63) is 29.8 Å². The molecule has 6 nitrogen and oxygen atoms in total. The second-order valence-electron chi connectivity index (χ2n) is 7.38. The summed E-state index contributed by atoms with van der Waals surface area (Å²) >= 11 is 0. The zero-order chi connectivity index (χ0) is 19.8. The van der Waals surface area contributed by atoms with E-state index in [0.717, 1.165) is 5.56 Å². The van der Waals surface area contributed by atoms with Crippen LogP contribution in [-0.2, 0) is 16.0 Å². The third-order valence-electron chi connectivity index (χ3n) is 4.29. The molecule has 0 unspecified atom stereocenters. The van der Waals surface area contributed by atoms with Gasteiger partial charge < -0.3 is 20.1 Å². The Morgan fingerprint density at radius 2 is 1.69 bits per heavy atom. The number of hydrogen-bond acceptors (Lipinski definition) is 4. The van der Waals surface area contributed by atoms with Crippen molar-refractivity contribution in [3.8, 4) is 5.75 Å². The van der Waals surface area contributed by atoms with Crippen LogP contribution in [-0.4, -0.2) is 36.8 Å². The van der Waals surface area contributed by atoms with Gasteiger partial charge in [0.15, 0.2) is 0 Å². The lowest BCUT2D eigenvalue weighted by molar-refractivity contribution is -0.120. The van der Waals surface area contributed by atoms with Crippen LogP contribution in [0.3, 0.4) is 0 Å². The summed E-state index contributed by atoms with van der Waals surface area (Å²) < 4.78 is 10.6. The topological polar surface area (TPSA) is 76.7 Å². The SMILES string of the molecule is CCC(CC)(CNC(=O)Cc1ccccc1OC)NC(=O)OC(C)(C)C. The van der Waals surface area contributed by atoms with Gasteiger partial charge in [-0.15, -0.1) is 0 Å². The summed E-state index contributed by atoms with van der Waals surface area (Å²) in [4.78, 5) is 24.5. The van der Waals surface area contributed by atoms with Crippen molar-refractivity contribution < 1.29 is 19.1 Å². The number of nitrogens with one attached hydrogen (secondary N) is 2. The maximum absolute atomic E-state index is 12.4. The van der Waals surface area contributed by atoms with Crippen molar-refractivity contribution in [2.75, 3.05) is 13.7 Å². The minimum atomic E-state index is -0.565. The number of ether oxygens (including phenoxy) is 2. The molecule has 1 aromatic rings. The van der Waals surface area contributed by atoms with Gasteiger partial charge in [0.2, 0.25) is 5.91 Å². The summed E-state index contributed by atoms with van der Waals surface area (Å²) in [5.41, 5.74) is -0.283. The molecule has 1 rings (SSSR count). The molecule has 2 N–H and O–H groups in total. The van der Waals surface area contributed by atoms with Crippen LogP contribution in [0.15, 0.2) is 24.3 Å². The van der Waals surface area contributed by atoms with Crippen molar-refractivity contribution in [2.24, 2.45) is 0 Å². The summed E-state index contributed by atoms with van der Waals surface area (Å²) in [5, 5.41) is 5.86. The van der Waals surface area contributed by atoms with Crippen LogP contribution in [0.1, 0.15) is 53.0 Å². The number of methoxy groups -OCH3 is 1. The van der Waals surface area contributed by atoms with Crippen LogP contribution in [0.25, 0.3) is 0 Å². The Morgan fingerprint density at radius 3 is 2.23 bits per heavy atom. The van der Waals surface area contributed by atoms with Gasteiger partial charge in [0, 0.05) is 12.1 Å². The van der Waals surface area contributed by atoms with E-state index in [4.69, 9.17) is 9.47 Å². The largest absolute Gasteiger partial charge is 0.496 e. The summed E-state index contributed by atoms with van der Waals surface area (Å²) in [6, 6.07) is 7.43. The zero-order valence-corrected chi connectivity index (χ0v) is 16.8. The fourth-order valence-electron chi connectivity index (χ4n) is 2.59. The molecule has 0 bridgehead atoms. The molecule has 0 heterocycles. The first-order valence-corrected chi connectivity index (χ1v) is 9.04. The van der Waals surface area contributed by atoms with Crippen LogP contribution in [0.2, 0.25) is 0 Å². The maximum atomic E-state index is 12.4. The second kappa shape index (κ2) is 9.46. The highest BCUT2D eigenvalue weighted by molar-refractivity contribution is 5.79. The van der Waals surface area contributed by atoms with Gasteiger partial charge in [-0.3, -0.25) is 4.79 Å². The molecule has 6 heteroatoms. The molecule has 0 fully saturated rings. The summed E-state index contributed by atoms with van der Waals surface area (Å²) in [5.74, 6) is 0.568. The average Bonchev–Trinajstić information content (AvgIpc) is 2.57. The van der Waals surface area contributed by atoms with Crippen molar-refractivity contribution in [3.63, 3.8) is 0 Å². The first kappa shape index (κ1) is 21.8. The number of carbonyl (C=O) groups excluding carboxylic acids is 2. The minimum Gasteiger partial charge on any atom is -0.496 e. The van der Waals surface area contributed by atoms with Crippen LogP contribution in [0, 0.1) is 0 Å². The standard InChI is InChI=1S/C20H32N2O4/c1-7-20(8-2,22-18(24)26-19(3,4)5)14-21-17(23)13-15-11-9-10-12-16(15)25-6/h9-12H,7-8,13-14H2,1-6H3,(H,21,23)(H,22,24). The van der Waals surface area contributed by atoms with Crippen LogP contribution >= 0.6 is 0 Å². The third kappa shape index (κ3) is 6.94. The van der Waals surface area contributed by atoms with Gasteiger partial charge in [-0.1, -0.05) is 32.0 Å². The lowest BCUT2D eigenvalue weighted by atomic mass is 9.92. The number of carbonyl (C=O) groups is 2. The fraction of sp³-hybridized carbons (Fsp3) is 0.600. The molecular weight excluding hydrogens is 332 g/mol. The highest BCUT2D eigenvalue weighted by Crippen LogP contribution is 2.19. The molecule has 0 aromatic heterocycles. The van der Waals surface area contributed by atoms with E-state index < -0.39 is 17.2 Å². The number of hydrogen-bond donors (Lipinski definition) is 2. The van der Waals surface area contributed by atoms with Gasteiger partial charge in [-0.25, -0.2) is 4.79 Å². The molecule has 1 aromatic carbocycles. The molecule has 0 saturated carbocycles. The fourth-order valence-corrected chi connectivity index (χ4v) is 2.59. The summed E-state index contributed by atoms with van der Waals surface area (Å²) in [7, 11) is 1.58. The lowest BCUT2D eigenvalue weighted by Gasteiger charge is -2.34. The molecule has 0 radical (unpaired) electrons. The first-order chi connectivity index (χ1) is 12.1. The van der Waals surface area contributed by atoms with Crippen molar-refractivity contribution >= 4 is 12.0 Å². The lowest BCUT2D eigenvalue weighted by Crippen LogP contribution is -2.56. The highest BCUT2D eigenvalue weighted by atomic mass is 16.6. The Labute approximate surface area is 156 Å². The van der Waals surface area contributed by atoms with Gasteiger partial charge in [0.05, 0.1) is 19.1 Å². The number of alkyl carbamates (subject to hydrolysis) is 1. The maximum Gasteiger partial charge on any atom is 0.408 e. The predicted octanol–water partition coefficient (Wildman–Crippen LogP) is 3.44. The van der Waals surface area contributed by atoms with Gasteiger partial charge >= 0.3 is 6.09 Å². The van der Waals surface area contributed by atoms with Crippen LogP contribution in [0.4, 0.5) is 4.79 Å². The first-order valence-electron chi connectivity index (χ1n) is 9.04. The summed E-state index contributed by atoms with van der Waals surface area (Å²) in [6.07, 6.45) is 1.11. The monoisotopic (exact) mass is 364 g/mol. The Balaban J connectivity index is 2.69. The number of benzene rings is 1. The van der Waals surface area contributed by atoms with E-state index in [1.165, 1.54) is 0 Å². The van der Waals surface area contributed by atoms with Crippen LogP contribution < -0.4 is 15.4 Å². The van der Waals surface area contributed by atoms with E-state index in [1.54, 1.807) is 7.11 Å². The van der Waals surface area contributed by atoms with E-state index >= 15 is 0 Å². The van der Waals surface area contributed by atoms with Crippen molar-refractivity contribution in [2.45, 2.75) is 65.0 Å². The average molecular weight is 364 g/mol. The number of rotatable bonds is 8. The predicted molar refractivity (Wildman–Crippen MR) is 102 cm³/mol. The molecule has 0 aliphatic rings. The van der Waals surface area contributed by atoms with E-state index in [-0.39, 0.29) is 12.3 Å². The molecule has 0 atom stereocenters.